The Morgan fingerprint density at radius 2 is 1.62 bits per heavy atom. The van der Waals surface area contributed by atoms with Gasteiger partial charge in [-0.2, -0.15) is 0 Å². The maximum Gasteiger partial charge on any atom is 0.255 e. The Hall–Kier alpha value is -2.92. The van der Waals surface area contributed by atoms with Crippen molar-refractivity contribution in [2.75, 3.05) is 25.0 Å². The molecule has 2 aromatic carbocycles. The summed E-state index contributed by atoms with van der Waals surface area (Å²) in [6.45, 7) is 7.19. The third-order valence-electron chi connectivity index (χ3n) is 5.15. The van der Waals surface area contributed by atoms with Gasteiger partial charge in [0.1, 0.15) is 0 Å². The van der Waals surface area contributed by atoms with E-state index in [0.29, 0.717) is 23.4 Å². The fourth-order valence-corrected chi connectivity index (χ4v) is 3.56. The summed E-state index contributed by atoms with van der Waals surface area (Å²) in [7, 11) is 0. The van der Waals surface area contributed by atoms with E-state index in [-0.39, 0.29) is 11.8 Å². The van der Waals surface area contributed by atoms with Gasteiger partial charge in [0.15, 0.2) is 0 Å². The van der Waals surface area contributed by atoms with Crippen molar-refractivity contribution in [3.05, 3.63) is 77.9 Å². The summed E-state index contributed by atoms with van der Waals surface area (Å²) in [4.78, 5) is 27.5. The number of carbonyl (C=O) groups is 2. The van der Waals surface area contributed by atoms with Crippen molar-refractivity contribution in [3.63, 3.8) is 0 Å². The number of anilines is 1. The van der Waals surface area contributed by atoms with Crippen molar-refractivity contribution in [1.29, 1.82) is 0 Å². The van der Waals surface area contributed by atoms with E-state index in [1.165, 1.54) is 31.2 Å². The lowest BCUT2D eigenvalue weighted by atomic mass is 10.1. The van der Waals surface area contributed by atoms with Crippen LogP contribution in [0.1, 0.15) is 52.0 Å². The number of hydrogen-bond donors (Lipinski definition) is 2. The largest absolute Gasteiger partial charge is 0.349 e. The number of benzene rings is 2. The molecule has 2 amide bonds. The highest BCUT2D eigenvalue weighted by atomic mass is 16.2. The summed E-state index contributed by atoms with van der Waals surface area (Å²) < 4.78 is 0. The van der Waals surface area contributed by atoms with E-state index in [9.17, 15) is 9.59 Å². The fraction of sp³-hybridized carbons (Fsp3) is 0.333. The first kappa shape index (κ1) is 20.8. The van der Waals surface area contributed by atoms with Crippen molar-refractivity contribution in [2.45, 2.75) is 32.2 Å². The number of nitrogens with zero attached hydrogens (tertiary/aromatic N) is 1. The van der Waals surface area contributed by atoms with Crippen molar-refractivity contribution in [3.8, 4) is 0 Å². The third-order valence-corrected chi connectivity index (χ3v) is 5.15. The summed E-state index contributed by atoms with van der Waals surface area (Å²) in [5.74, 6) is -0.469. The number of hydrogen-bond acceptors (Lipinski definition) is 3. The number of nitrogens with one attached hydrogen (secondary N) is 2. The van der Waals surface area contributed by atoms with Crippen LogP contribution in [-0.2, 0) is 6.54 Å². The van der Waals surface area contributed by atoms with Gasteiger partial charge in [0.05, 0.1) is 11.3 Å². The van der Waals surface area contributed by atoms with Crippen molar-refractivity contribution < 1.29 is 9.59 Å². The fourth-order valence-electron chi connectivity index (χ4n) is 3.56. The first-order valence-corrected chi connectivity index (χ1v) is 10.3. The Bertz CT molecular complexity index is 837. The molecule has 0 aliphatic carbocycles. The average molecular weight is 392 g/mol. The summed E-state index contributed by atoms with van der Waals surface area (Å²) in [6.07, 6.45) is 6.79. The van der Waals surface area contributed by atoms with Gasteiger partial charge in [-0.3, -0.25) is 14.5 Å². The van der Waals surface area contributed by atoms with Crippen LogP contribution in [0.5, 0.6) is 0 Å². The number of carbonyl (C=O) groups excluding carboxylic acids is 2. The standard InChI is InChI=1S/C24H29N3O2/c1-2-15-25-24(29)21-9-5-6-10-22(21)26-23(28)20-13-11-19(12-14-20)18-27-16-7-3-4-8-17-27/h2,5-6,9-14H,1,3-4,7-8,15-18H2,(H,25,29)(H,26,28). The SMILES string of the molecule is C=CCNC(=O)c1ccccc1NC(=O)c1ccc(CN2CCCCCC2)cc1. The van der Waals surface area contributed by atoms with Gasteiger partial charge >= 0.3 is 0 Å². The Balaban J connectivity index is 1.64. The molecule has 0 unspecified atom stereocenters. The quantitative estimate of drug-likeness (QED) is 0.695. The average Bonchev–Trinajstić information content (AvgIpc) is 3.01. The maximum absolute atomic E-state index is 12.7. The summed E-state index contributed by atoms with van der Waals surface area (Å²) >= 11 is 0. The summed E-state index contributed by atoms with van der Waals surface area (Å²) in [5.41, 5.74) is 2.71. The van der Waals surface area contributed by atoms with Crippen LogP contribution >= 0.6 is 0 Å². The van der Waals surface area contributed by atoms with Crippen molar-refractivity contribution in [2.24, 2.45) is 0 Å². The molecule has 0 aromatic heterocycles. The molecule has 152 valence electrons. The molecule has 0 atom stereocenters. The Morgan fingerprint density at radius 3 is 2.31 bits per heavy atom. The van der Waals surface area contributed by atoms with Crippen LogP contribution < -0.4 is 10.6 Å². The van der Waals surface area contributed by atoms with Crippen LogP contribution in [0.2, 0.25) is 0 Å². The zero-order valence-corrected chi connectivity index (χ0v) is 16.8. The molecule has 5 heteroatoms. The smallest absolute Gasteiger partial charge is 0.255 e. The molecule has 2 aromatic rings. The zero-order valence-electron chi connectivity index (χ0n) is 16.8. The minimum atomic E-state index is -0.242. The highest BCUT2D eigenvalue weighted by Gasteiger charge is 2.14. The molecule has 1 aliphatic rings. The summed E-state index contributed by atoms with van der Waals surface area (Å²) in [5, 5.41) is 5.60. The zero-order chi connectivity index (χ0) is 20.5. The number of amides is 2. The molecule has 0 radical (unpaired) electrons. The van der Waals surface area contributed by atoms with Gasteiger partial charge in [-0.25, -0.2) is 0 Å². The predicted molar refractivity (Wildman–Crippen MR) is 117 cm³/mol. The highest BCUT2D eigenvalue weighted by molar-refractivity contribution is 6.09. The molecule has 0 saturated carbocycles. The van der Waals surface area contributed by atoms with Gasteiger partial charge in [0, 0.05) is 18.7 Å². The van der Waals surface area contributed by atoms with Gasteiger partial charge in [-0.1, -0.05) is 43.2 Å². The van der Waals surface area contributed by atoms with Crippen LogP contribution in [0.15, 0.2) is 61.2 Å². The molecule has 3 rings (SSSR count). The summed E-state index contributed by atoms with van der Waals surface area (Å²) in [6, 6.07) is 14.7. The topological polar surface area (TPSA) is 61.4 Å². The Labute approximate surface area is 172 Å². The molecule has 0 spiro atoms. The van der Waals surface area contributed by atoms with Gasteiger partial charge in [0.25, 0.3) is 11.8 Å². The normalized spacial score (nSPS) is 14.6. The van der Waals surface area contributed by atoms with Crippen LogP contribution in [0, 0.1) is 0 Å². The lowest BCUT2D eigenvalue weighted by molar-refractivity contribution is 0.0959. The molecule has 5 nitrogen and oxygen atoms in total. The van der Waals surface area contributed by atoms with Gasteiger partial charge in [0.2, 0.25) is 0 Å². The second kappa shape index (κ2) is 10.6. The van der Waals surface area contributed by atoms with Gasteiger partial charge < -0.3 is 10.6 Å². The van der Waals surface area contributed by atoms with Gasteiger partial charge in [-0.05, 0) is 55.8 Å². The van der Waals surface area contributed by atoms with E-state index in [2.05, 4.69) is 22.1 Å². The van der Waals surface area contributed by atoms with Crippen LogP contribution in [0.3, 0.4) is 0 Å². The second-order valence-electron chi connectivity index (χ2n) is 7.39. The molecule has 2 N–H and O–H groups in total. The first-order valence-electron chi connectivity index (χ1n) is 10.3. The monoisotopic (exact) mass is 391 g/mol. The van der Waals surface area contributed by atoms with E-state index < -0.39 is 0 Å². The van der Waals surface area contributed by atoms with Crippen molar-refractivity contribution >= 4 is 17.5 Å². The van der Waals surface area contributed by atoms with E-state index in [4.69, 9.17) is 0 Å². The van der Waals surface area contributed by atoms with Crippen LogP contribution in [0.4, 0.5) is 5.69 Å². The minimum absolute atomic E-state index is 0.227. The number of rotatable bonds is 7. The molecule has 1 aliphatic heterocycles. The molecule has 1 saturated heterocycles. The van der Waals surface area contributed by atoms with E-state index in [1.807, 2.05) is 24.3 Å². The van der Waals surface area contributed by atoms with Crippen molar-refractivity contribution in [1.82, 2.24) is 10.2 Å². The number of likely N-dealkylation sites (tertiary alicyclic amines) is 1. The van der Waals surface area contributed by atoms with E-state index in [1.54, 1.807) is 30.3 Å². The van der Waals surface area contributed by atoms with E-state index in [0.717, 1.165) is 19.6 Å². The maximum atomic E-state index is 12.7. The molecule has 1 fully saturated rings. The lowest BCUT2D eigenvalue weighted by Crippen LogP contribution is -2.25. The van der Waals surface area contributed by atoms with Crippen LogP contribution in [-0.4, -0.2) is 36.3 Å². The minimum Gasteiger partial charge on any atom is -0.349 e. The first-order chi connectivity index (χ1) is 14.2. The van der Waals surface area contributed by atoms with Crippen LogP contribution in [0.25, 0.3) is 0 Å². The highest BCUT2D eigenvalue weighted by Crippen LogP contribution is 2.18. The Morgan fingerprint density at radius 1 is 0.931 bits per heavy atom. The third kappa shape index (κ3) is 6.03. The molecule has 29 heavy (non-hydrogen) atoms. The molecule has 1 heterocycles. The molecular weight excluding hydrogens is 362 g/mol. The Kier molecular flexibility index (Phi) is 7.59. The molecular formula is C24H29N3O2. The van der Waals surface area contributed by atoms with Gasteiger partial charge in [-0.15, -0.1) is 6.58 Å². The second-order valence-corrected chi connectivity index (χ2v) is 7.39. The lowest BCUT2D eigenvalue weighted by Gasteiger charge is -2.19. The predicted octanol–water partition coefficient (Wildman–Crippen LogP) is 4.23. The number of para-hydroxylation sites is 1. The molecule has 0 bridgehead atoms. The van der Waals surface area contributed by atoms with E-state index >= 15 is 0 Å².